The minimum atomic E-state index is -0.391. The first kappa shape index (κ1) is 15.4. The molecule has 19 heavy (non-hydrogen) atoms. The largest absolute Gasteiger partial charge is 0.309 e. The van der Waals surface area contributed by atoms with E-state index in [2.05, 4.69) is 37.2 Å². The van der Waals surface area contributed by atoms with Gasteiger partial charge in [-0.25, -0.2) is 4.39 Å². The molecule has 0 bridgehead atoms. The lowest BCUT2D eigenvalue weighted by Gasteiger charge is -2.17. The molecule has 0 amide bonds. The van der Waals surface area contributed by atoms with Crippen LogP contribution in [0.15, 0.2) is 26.5 Å². The van der Waals surface area contributed by atoms with E-state index in [1.165, 1.54) is 0 Å². The lowest BCUT2D eigenvalue weighted by molar-refractivity contribution is 0.579. The summed E-state index contributed by atoms with van der Waals surface area (Å²) in [5, 5.41) is 3.25. The molecular weight excluding hydrogens is 416 g/mol. The number of hydrogen-bond acceptors (Lipinski definition) is 2. The van der Waals surface area contributed by atoms with E-state index in [9.17, 15) is 4.39 Å². The second-order valence-electron chi connectivity index (χ2n) is 4.09. The van der Waals surface area contributed by atoms with Crippen LogP contribution in [0.4, 0.5) is 4.39 Å². The van der Waals surface area contributed by atoms with Crippen molar-refractivity contribution in [2.24, 2.45) is 0 Å². The maximum Gasteiger partial charge on any atom is 0.148 e. The summed E-state index contributed by atoms with van der Waals surface area (Å²) in [6.07, 6.45) is 0. The van der Waals surface area contributed by atoms with Crippen molar-refractivity contribution in [3.05, 3.63) is 53.3 Å². The van der Waals surface area contributed by atoms with Crippen molar-refractivity contribution < 1.29 is 4.39 Å². The van der Waals surface area contributed by atoms with Gasteiger partial charge in [0.1, 0.15) is 5.82 Å². The Balaban J connectivity index is 2.51. The van der Waals surface area contributed by atoms with Gasteiger partial charge in [0.2, 0.25) is 0 Å². The minimum Gasteiger partial charge on any atom is -0.309 e. The monoisotopic (exact) mass is 425 g/mol. The Morgan fingerprint density at radius 3 is 2.58 bits per heavy atom. The number of benzene rings is 1. The molecule has 1 aromatic carbocycles. The molecule has 0 fully saturated rings. The quantitative estimate of drug-likeness (QED) is 0.621. The summed E-state index contributed by atoms with van der Waals surface area (Å²) in [5.41, 5.74) is 1.69. The maximum atomic E-state index is 14.3. The summed E-state index contributed by atoms with van der Waals surface area (Å²) in [4.78, 5) is 1.05. The molecule has 0 radical (unpaired) electrons. The van der Waals surface area contributed by atoms with Crippen LogP contribution in [0, 0.1) is 12.7 Å². The molecule has 1 N–H and O–H groups in total. The average Bonchev–Trinajstić information content (AvgIpc) is 2.70. The van der Waals surface area contributed by atoms with Crippen LogP contribution >= 0.6 is 54.8 Å². The standard InChI is InChI=1S/C13H11Br2ClFNS/c1-6-5-9(19-13(6)15)12(18-2)7-3-4-8(14)10(16)11(7)17/h3-5,12,18H,1-2H3. The van der Waals surface area contributed by atoms with Crippen molar-refractivity contribution in [2.75, 3.05) is 7.05 Å². The van der Waals surface area contributed by atoms with Gasteiger partial charge in [0.05, 0.1) is 14.9 Å². The number of thiophene rings is 1. The molecular formula is C13H11Br2ClFNS. The van der Waals surface area contributed by atoms with Crippen LogP contribution in [0.2, 0.25) is 5.02 Å². The number of rotatable bonds is 3. The van der Waals surface area contributed by atoms with E-state index in [-0.39, 0.29) is 11.1 Å². The molecule has 0 spiro atoms. The smallest absolute Gasteiger partial charge is 0.148 e. The third-order valence-electron chi connectivity index (χ3n) is 2.83. The zero-order chi connectivity index (χ0) is 14.2. The lowest BCUT2D eigenvalue weighted by Crippen LogP contribution is -2.18. The molecule has 1 atom stereocenters. The average molecular weight is 428 g/mol. The van der Waals surface area contributed by atoms with Crippen LogP contribution < -0.4 is 5.32 Å². The van der Waals surface area contributed by atoms with Gasteiger partial charge >= 0.3 is 0 Å². The Morgan fingerprint density at radius 2 is 2.05 bits per heavy atom. The molecule has 0 saturated heterocycles. The van der Waals surface area contributed by atoms with Gasteiger partial charge in [-0.15, -0.1) is 11.3 Å². The first-order valence-corrected chi connectivity index (χ1v) is 8.30. The van der Waals surface area contributed by atoms with Crippen molar-refractivity contribution in [3.8, 4) is 0 Å². The van der Waals surface area contributed by atoms with Gasteiger partial charge in [-0.2, -0.15) is 0 Å². The zero-order valence-electron chi connectivity index (χ0n) is 10.2. The topological polar surface area (TPSA) is 12.0 Å². The Hall–Kier alpha value is 0.0600. The molecule has 2 aromatic rings. The summed E-state index contributed by atoms with van der Waals surface area (Å²) in [5.74, 6) is -0.391. The van der Waals surface area contributed by atoms with E-state index < -0.39 is 5.82 Å². The van der Waals surface area contributed by atoms with Gasteiger partial charge in [-0.05, 0) is 63.5 Å². The highest BCUT2D eigenvalue weighted by atomic mass is 79.9. The van der Waals surface area contributed by atoms with Crippen LogP contribution in [0.5, 0.6) is 0 Å². The van der Waals surface area contributed by atoms with Gasteiger partial charge in [0.25, 0.3) is 0 Å². The summed E-state index contributed by atoms with van der Waals surface area (Å²) >= 11 is 14.3. The predicted octanol–water partition coefficient (Wildman–Crippen LogP) is 5.68. The van der Waals surface area contributed by atoms with Crippen molar-refractivity contribution in [3.63, 3.8) is 0 Å². The second kappa shape index (κ2) is 6.22. The molecule has 1 unspecified atom stereocenters. The van der Waals surface area contributed by atoms with Crippen molar-refractivity contribution in [1.29, 1.82) is 0 Å². The first-order chi connectivity index (χ1) is 8.95. The Kier molecular flexibility index (Phi) is 5.06. The van der Waals surface area contributed by atoms with Crippen molar-refractivity contribution >= 4 is 54.8 Å². The van der Waals surface area contributed by atoms with Crippen molar-refractivity contribution in [2.45, 2.75) is 13.0 Å². The molecule has 0 aliphatic carbocycles. The van der Waals surface area contributed by atoms with E-state index in [0.29, 0.717) is 10.0 Å². The fourth-order valence-electron chi connectivity index (χ4n) is 1.84. The number of nitrogens with one attached hydrogen (secondary N) is 1. The van der Waals surface area contributed by atoms with Gasteiger partial charge in [-0.3, -0.25) is 0 Å². The SMILES string of the molecule is CNC(c1cc(C)c(Br)s1)c1ccc(Br)c(Cl)c1F. The summed E-state index contributed by atoms with van der Waals surface area (Å²) in [7, 11) is 1.81. The molecule has 1 nitrogen and oxygen atoms in total. The fraction of sp³-hybridized carbons (Fsp3) is 0.231. The van der Waals surface area contributed by atoms with Crippen LogP contribution in [-0.2, 0) is 0 Å². The van der Waals surface area contributed by atoms with Crippen molar-refractivity contribution in [1.82, 2.24) is 5.32 Å². The molecule has 2 rings (SSSR count). The third-order valence-corrected chi connectivity index (χ3v) is 6.29. The molecule has 1 heterocycles. The van der Waals surface area contributed by atoms with Crippen LogP contribution in [0.1, 0.15) is 22.0 Å². The van der Waals surface area contributed by atoms with Crippen LogP contribution in [-0.4, -0.2) is 7.05 Å². The van der Waals surface area contributed by atoms with E-state index in [1.54, 1.807) is 23.5 Å². The minimum absolute atomic E-state index is 0.116. The summed E-state index contributed by atoms with van der Waals surface area (Å²) in [6.45, 7) is 2.02. The van der Waals surface area contributed by atoms with E-state index in [0.717, 1.165) is 14.2 Å². The molecule has 6 heteroatoms. The Bertz CT molecular complexity index is 595. The van der Waals surface area contributed by atoms with E-state index in [1.807, 2.05) is 20.0 Å². The second-order valence-corrected chi connectivity index (χ2v) is 7.73. The highest BCUT2D eigenvalue weighted by Crippen LogP contribution is 2.37. The Labute approximate surface area is 137 Å². The predicted molar refractivity (Wildman–Crippen MR) is 86.8 cm³/mol. The zero-order valence-corrected chi connectivity index (χ0v) is 15.0. The van der Waals surface area contributed by atoms with E-state index in [4.69, 9.17) is 11.6 Å². The molecule has 0 aliphatic heterocycles. The highest BCUT2D eigenvalue weighted by molar-refractivity contribution is 9.11. The van der Waals surface area contributed by atoms with Crippen LogP contribution in [0.25, 0.3) is 0 Å². The van der Waals surface area contributed by atoms with Gasteiger partial charge in [0, 0.05) is 14.9 Å². The van der Waals surface area contributed by atoms with Crippen LogP contribution in [0.3, 0.4) is 0 Å². The number of aryl methyl sites for hydroxylation is 1. The molecule has 1 aromatic heterocycles. The van der Waals surface area contributed by atoms with Gasteiger partial charge < -0.3 is 5.32 Å². The Morgan fingerprint density at radius 1 is 1.37 bits per heavy atom. The summed E-state index contributed by atoms with van der Waals surface area (Å²) < 4.78 is 15.9. The fourth-order valence-corrected chi connectivity index (χ4v) is 4.02. The molecule has 102 valence electrons. The normalized spacial score (nSPS) is 12.7. The van der Waals surface area contributed by atoms with E-state index >= 15 is 0 Å². The highest BCUT2D eigenvalue weighted by Gasteiger charge is 2.21. The number of hydrogen-bond donors (Lipinski definition) is 1. The number of halogens is 4. The lowest BCUT2D eigenvalue weighted by atomic mass is 10.0. The first-order valence-electron chi connectivity index (χ1n) is 5.52. The molecule has 0 aliphatic rings. The van der Waals surface area contributed by atoms with Gasteiger partial charge in [-0.1, -0.05) is 17.7 Å². The third kappa shape index (κ3) is 3.05. The van der Waals surface area contributed by atoms with Gasteiger partial charge in [0.15, 0.2) is 0 Å². The maximum absolute atomic E-state index is 14.3. The summed E-state index contributed by atoms with van der Waals surface area (Å²) in [6, 6.07) is 5.35. The molecule has 0 saturated carbocycles.